The van der Waals surface area contributed by atoms with Crippen LogP contribution in [0.1, 0.15) is 12.8 Å². The van der Waals surface area contributed by atoms with Crippen LogP contribution in [0, 0.1) is 0 Å². The minimum Gasteiger partial charge on any atom is -0.390 e. The summed E-state index contributed by atoms with van der Waals surface area (Å²) in [5.41, 5.74) is 5.94. The van der Waals surface area contributed by atoms with E-state index in [4.69, 9.17) is 15.2 Å². The zero-order chi connectivity index (χ0) is 10.4. The molecule has 0 aliphatic carbocycles. The number of nitrogens with zero attached hydrogens (tertiary/aromatic N) is 1. The highest BCUT2D eigenvalue weighted by Crippen LogP contribution is 2.31. The number of nitrogens with two attached hydrogens (primary N) is 1. The van der Waals surface area contributed by atoms with E-state index in [0.717, 1.165) is 13.1 Å². The zero-order valence-electron chi connectivity index (χ0n) is 8.71. The first-order valence-corrected chi connectivity index (χ1v) is 5.72. The van der Waals surface area contributed by atoms with Crippen LogP contribution in [-0.4, -0.2) is 60.3 Å². The maximum Gasteiger partial charge on any atom is 0.176 e. The van der Waals surface area contributed by atoms with E-state index in [9.17, 15) is 5.11 Å². The van der Waals surface area contributed by atoms with Crippen molar-refractivity contribution in [2.75, 3.05) is 19.7 Å². The molecule has 5 nitrogen and oxygen atoms in total. The fourth-order valence-electron chi connectivity index (χ4n) is 2.86. The molecule has 0 unspecified atom stereocenters. The molecule has 3 aliphatic heterocycles. The molecule has 2 bridgehead atoms. The highest BCUT2D eigenvalue weighted by atomic mass is 16.7. The summed E-state index contributed by atoms with van der Waals surface area (Å²) in [4.78, 5) is 2.25. The molecular weight excluding hydrogens is 196 g/mol. The Kier molecular flexibility index (Phi) is 2.45. The third-order valence-electron chi connectivity index (χ3n) is 3.75. The molecule has 3 rings (SSSR count). The molecule has 3 aliphatic rings. The van der Waals surface area contributed by atoms with E-state index < -0.39 is 6.10 Å². The zero-order valence-corrected chi connectivity index (χ0v) is 8.71. The van der Waals surface area contributed by atoms with Gasteiger partial charge in [-0.25, -0.2) is 0 Å². The van der Waals surface area contributed by atoms with Crippen molar-refractivity contribution in [3.63, 3.8) is 0 Å². The van der Waals surface area contributed by atoms with Crippen LogP contribution in [0.25, 0.3) is 0 Å². The molecule has 3 saturated heterocycles. The third-order valence-corrected chi connectivity index (χ3v) is 3.75. The van der Waals surface area contributed by atoms with E-state index in [0.29, 0.717) is 6.61 Å². The van der Waals surface area contributed by atoms with Gasteiger partial charge in [0.25, 0.3) is 0 Å². The molecule has 0 amide bonds. The lowest BCUT2D eigenvalue weighted by Crippen LogP contribution is -2.62. The second-order valence-electron chi connectivity index (χ2n) is 4.68. The number of rotatable bonds is 1. The highest BCUT2D eigenvalue weighted by molar-refractivity contribution is 5.00. The fraction of sp³-hybridized carbons (Fsp3) is 1.00. The van der Waals surface area contributed by atoms with Gasteiger partial charge < -0.3 is 20.3 Å². The molecule has 0 aromatic rings. The van der Waals surface area contributed by atoms with Crippen molar-refractivity contribution in [2.45, 2.75) is 43.4 Å². The Hall–Kier alpha value is -0.200. The largest absolute Gasteiger partial charge is 0.390 e. The maximum absolute atomic E-state index is 10.2. The molecule has 5 atom stereocenters. The molecule has 0 aromatic heterocycles. The number of fused-ring (bicyclic) bond motifs is 2. The summed E-state index contributed by atoms with van der Waals surface area (Å²) in [6.07, 6.45) is 1.46. The molecule has 3 fully saturated rings. The lowest BCUT2D eigenvalue weighted by molar-refractivity contribution is -0.174. The van der Waals surface area contributed by atoms with Gasteiger partial charge in [-0.3, -0.25) is 4.90 Å². The quantitative estimate of drug-likeness (QED) is 0.579. The first-order valence-electron chi connectivity index (χ1n) is 5.72. The standard InChI is InChI=1S/C10H18N2O3/c11-7-6-5-14-10(15-6)8(9(7)13)12-3-1-2-4-12/h6-10,13H,1-5,11H2/t6-,7-,8+,9-,10-/m1/s1. The third kappa shape index (κ3) is 1.50. The number of hydrogen-bond acceptors (Lipinski definition) is 5. The van der Waals surface area contributed by atoms with Gasteiger partial charge in [-0.15, -0.1) is 0 Å². The molecule has 86 valence electrons. The molecule has 0 saturated carbocycles. The van der Waals surface area contributed by atoms with E-state index in [-0.39, 0.29) is 24.5 Å². The van der Waals surface area contributed by atoms with E-state index in [1.165, 1.54) is 12.8 Å². The molecule has 3 heterocycles. The minimum absolute atomic E-state index is 0.0683. The Bertz CT molecular complexity index is 243. The van der Waals surface area contributed by atoms with Crippen LogP contribution >= 0.6 is 0 Å². The summed E-state index contributed by atoms with van der Waals surface area (Å²) >= 11 is 0. The minimum atomic E-state index is -0.519. The van der Waals surface area contributed by atoms with Crippen LogP contribution in [0.5, 0.6) is 0 Å². The average Bonchev–Trinajstić information content (AvgIpc) is 2.85. The van der Waals surface area contributed by atoms with E-state index in [2.05, 4.69) is 4.90 Å². The summed E-state index contributed by atoms with van der Waals surface area (Å²) in [7, 11) is 0. The molecular formula is C10H18N2O3. The molecule has 0 aromatic carbocycles. The SMILES string of the molecule is N[C@H]1[C@@H](O)[C@H](N2CCCC2)[C@@H]2OC[C@H]1O2. The molecule has 5 heteroatoms. The molecule has 0 spiro atoms. The van der Waals surface area contributed by atoms with Crippen LogP contribution in [-0.2, 0) is 9.47 Å². The summed E-state index contributed by atoms with van der Waals surface area (Å²) in [5, 5.41) is 10.2. The lowest BCUT2D eigenvalue weighted by atomic mass is 9.96. The summed E-state index contributed by atoms with van der Waals surface area (Å²) in [5.74, 6) is 0. The second kappa shape index (κ2) is 3.68. The normalized spacial score (nSPS) is 51.2. The van der Waals surface area contributed by atoms with Crippen molar-refractivity contribution < 1.29 is 14.6 Å². The van der Waals surface area contributed by atoms with Crippen molar-refractivity contribution in [3.8, 4) is 0 Å². The van der Waals surface area contributed by atoms with Crippen molar-refractivity contribution in [1.82, 2.24) is 4.90 Å². The van der Waals surface area contributed by atoms with Gasteiger partial charge in [-0.2, -0.15) is 0 Å². The van der Waals surface area contributed by atoms with Gasteiger partial charge in [0.2, 0.25) is 0 Å². The summed E-state index contributed by atoms with van der Waals surface area (Å²) < 4.78 is 11.2. The Balaban J connectivity index is 1.80. The maximum atomic E-state index is 10.2. The Morgan fingerprint density at radius 1 is 1.27 bits per heavy atom. The lowest BCUT2D eigenvalue weighted by Gasteiger charge is -2.41. The number of hydrogen-bond donors (Lipinski definition) is 2. The van der Waals surface area contributed by atoms with E-state index in [1.807, 2.05) is 0 Å². The number of likely N-dealkylation sites (tertiary alicyclic amines) is 1. The van der Waals surface area contributed by atoms with Gasteiger partial charge in [0, 0.05) is 0 Å². The molecule has 15 heavy (non-hydrogen) atoms. The summed E-state index contributed by atoms with van der Waals surface area (Å²) in [6, 6.07) is -0.379. The topological polar surface area (TPSA) is 68.0 Å². The van der Waals surface area contributed by atoms with Crippen molar-refractivity contribution >= 4 is 0 Å². The predicted octanol–water partition coefficient (Wildman–Crippen LogP) is -1.11. The van der Waals surface area contributed by atoms with Gasteiger partial charge in [-0.05, 0) is 25.9 Å². The van der Waals surface area contributed by atoms with Gasteiger partial charge >= 0.3 is 0 Å². The van der Waals surface area contributed by atoms with Gasteiger partial charge in [-0.1, -0.05) is 0 Å². The van der Waals surface area contributed by atoms with Crippen molar-refractivity contribution in [2.24, 2.45) is 5.73 Å². The van der Waals surface area contributed by atoms with Crippen LogP contribution in [0.2, 0.25) is 0 Å². The van der Waals surface area contributed by atoms with Gasteiger partial charge in [0.15, 0.2) is 6.29 Å². The van der Waals surface area contributed by atoms with Crippen LogP contribution in [0.4, 0.5) is 0 Å². The van der Waals surface area contributed by atoms with Crippen LogP contribution < -0.4 is 5.73 Å². The second-order valence-corrected chi connectivity index (χ2v) is 4.68. The Morgan fingerprint density at radius 3 is 2.73 bits per heavy atom. The van der Waals surface area contributed by atoms with Crippen LogP contribution in [0.15, 0.2) is 0 Å². The predicted molar refractivity (Wildman–Crippen MR) is 53.2 cm³/mol. The number of aliphatic hydroxyl groups is 1. The van der Waals surface area contributed by atoms with E-state index >= 15 is 0 Å². The monoisotopic (exact) mass is 214 g/mol. The Morgan fingerprint density at radius 2 is 2.00 bits per heavy atom. The average molecular weight is 214 g/mol. The van der Waals surface area contributed by atoms with E-state index in [1.54, 1.807) is 0 Å². The highest BCUT2D eigenvalue weighted by Gasteiger charge is 2.50. The Labute approximate surface area is 89.1 Å². The summed E-state index contributed by atoms with van der Waals surface area (Å²) in [6.45, 7) is 2.55. The smallest absolute Gasteiger partial charge is 0.176 e. The van der Waals surface area contributed by atoms with Crippen molar-refractivity contribution in [3.05, 3.63) is 0 Å². The number of ether oxygens (including phenoxy) is 2. The first-order chi connectivity index (χ1) is 7.27. The molecule has 0 radical (unpaired) electrons. The van der Waals surface area contributed by atoms with Gasteiger partial charge in [0.1, 0.15) is 6.10 Å². The van der Waals surface area contributed by atoms with Crippen LogP contribution in [0.3, 0.4) is 0 Å². The fourth-order valence-corrected chi connectivity index (χ4v) is 2.86. The molecule has 3 N–H and O–H groups in total. The van der Waals surface area contributed by atoms with Gasteiger partial charge in [0.05, 0.1) is 24.8 Å². The first kappa shape index (κ1) is 9.99. The number of aliphatic hydroxyl groups excluding tert-OH is 1. The van der Waals surface area contributed by atoms with Crippen molar-refractivity contribution in [1.29, 1.82) is 0 Å².